The van der Waals surface area contributed by atoms with Crippen LogP contribution in [0.15, 0.2) is 0 Å². The molecule has 0 fully saturated rings. The fourth-order valence-corrected chi connectivity index (χ4v) is 0. The van der Waals surface area contributed by atoms with Crippen molar-refractivity contribution in [3.05, 3.63) is 0 Å². The van der Waals surface area contributed by atoms with Gasteiger partial charge in [0.25, 0.3) is 0 Å². The van der Waals surface area contributed by atoms with Gasteiger partial charge in [-0.05, 0) is 0 Å². The van der Waals surface area contributed by atoms with Crippen LogP contribution in [0.2, 0.25) is 0 Å². The average Bonchev–Trinajstić information content (AvgIpc) is 0.811. The second-order valence-electron chi connectivity index (χ2n) is 0.231. The van der Waals surface area contributed by atoms with E-state index in [4.69, 9.17) is 12.2 Å². The molecule has 5 heteroatoms. The number of hydrogen-bond acceptors (Lipinski definition) is 1. The van der Waals surface area contributed by atoms with Crippen molar-refractivity contribution >= 4 is 14.5 Å². The molecule has 0 heterocycles. The molecule has 0 atom stereocenters. The molecular formula is H2LaO3Se. The van der Waals surface area contributed by atoms with E-state index in [-0.39, 0.29) is 35.6 Å². The summed E-state index contributed by atoms with van der Waals surface area (Å²) in [6, 6.07) is 0. The zero-order chi connectivity index (χ0) is 3.58. The van der Waals surface area contributed by atoms with Gasteiger partial charge in [-0.2, -0.15) is 0 Å². The van der Waals surface area contributed by atoms with Crippen LogP contribution in [0.1, 0.15) is 0 Å². The van der Waals surface area contributed by atoms with Crippen molar-refractivity contribution in [1.82, 2.24) is 0 Å². The van der Waals surface area contributed by atoms with Crippen molar-refractivity contribution < 1.29 is 47.8 Å². The first-order valence-electron chi connectivity index (χ1n) is 0.532. The van der Waals surface area contributed by atoms with Gasteiger partial charge in [-0.1, -0.05) is 0 Å². The van der Waals surface area contributed by atoms with Crippen molar-refractivity contribution in [3.8, 4) is 0 Å². The van der Waals surface area contributed by atoms with Gasteiger partial charge >= 0.3 is 26.7 Å². The predicted molar refractivity (Wildman–Crippen MR) is 10.9 cm³/mol. The number of rotatable bonds is 0. The summed E-state index contributed by atoms with van der Waals surface area (Å²) in [5, 5.41) is 0. The van der Waals surface area contributed by atoms with Crippen LogP contribution < -0.4 is 0 Å². The minimum absolute atomic E-state index is 0. The Morgan fingerprint density at radius 2 is 1.40 bits per heavy atom. The molecule has 0 spiro atoms. The van der Waals surface area contributed by atoms with Crippen LogP contribution in [0.5, 0.6) is 0 Å². The van der Waals surface area contributed by atoms with E-state index in [1.54, 1.807) is 0 Å². The van der Waals surface area contributed by atoms with Gasteiger partial charge in [0.15, 0.2) is 0 Å². The average molecular weight is 268 g/mol. The Bertz CT molecular complexity index is 29.9. The number of hydrogen-bond donors (Lipinski definition) is 2. The van der Waals surface area contributed by atoms with E-state index < -0.39 is 14.5 Å². The monoisotopic (exact) mass is 269 g/mol. The molecule has 0 aromatic carbocycles. The van der Waals surface area contributed by atoms with Crippen LogP contribution in [0, 0.1) is 35.6 Å². The normalized spacial score (nSPS) is 7.00. The minimum atomic E-state index is -3.29. The van der Waals surface area contributed by atoms with E-state index in [0.717, 1.165) is 0 Å². The summed E-state index contributed by atoms with van der Waals surface area (Å²) in [6.07, 6.45) is 0. The zero-order valence-electron chi connectivity index (χ0n) is 2.29. The van der Waals surface area contributed by atoms with Crippen LogP contribution >= 0.6 is 0 Å². The van der Waals surface area contributed by atoms with E-state index in [0.29, 0.717) is 0 Å². The maximum atomic E-state index is 8.76. The largest absolute Gasteiger partial charge is 0 e. The van der Waals surface area contributed by atoms with E-state index >= 15 is 0 Å². The van der Waals surface area contributed by atoms with Crippen molar-refractivity contribution in [2.75, 3.05) is 0 Å². The molecule has 1 radical (unpaired) electrons. The Balaban J connectivity index is 0. The van der Waals surface area contributed by atoms with Crippen LogP contribution in [-0.4, -0.2) is 22.9 Å². The van der Waals surface area contributed by atoms with E-state index in [2.05, 4.69) is 0 Å². The maximum Gasteiger partial charge on any atom is 0 e. The van der Waals surface area contributed by atoms with Crippen molar-refractivity contribution in [1.29, 1.82) is 0 Å². The first-order valence-corrected chi connectivity index (χ1v) is 2.76. The van der Waals surface area contributed by atoms with Gasteiger partial charge in [0, 0.05) is 35.6 Å². The molecule has 5 heavy (non-hydrogen) atoms. The molecular weight excluding hydrogens is 266 g/mol. The molecule has 0 aromatic heterocycles. The summed E-state index contributed by atoms with van der Waals surface area (Å²) in [5.41, 5.74) is 0. The quantitative estimate of drug-likeness (QED) is 0.519. The zero-order valence-corrected chi connectivity index (χ0v) is 7.63. The maximum absolute atomic E-state index is 8.76. The molecule has 0 aliphatic rings. The van der Waals surface area contributed by atoms with E-state index in [9.17, 15) is 0 Å². The molecule has 29 valence electrons. The molecule has 3 nitrogen and oxygen atoms in total. The Morgan fingerprint density at radius 1 is 1.40 bits per heavy atom. The van der Waals surface area contributed by atoms with Crippen molar-refractivity contribution in [3.63, 3.8) is 0 Å². The van der Waals surface area contributed by atoms with E-state index in [1.165, 1.54) is 0 Å². The Hall–Kier alpha value is 1.43. The second-order valence-corrected chi connectivity index (χ2v) is 1.20. The summed E-state index contributed by atoms with van der Waals surface area (Å²) >= 11 is -3.29. The smallest absolute Gasteiger partial charge is 0 e. The predicted octanol–water partition coefficient (Wildman–Crippen LogP) is -1.61. The third kappa shape index (κ3) is 31.2. The van der Waals surface area contributed by atoms with Crippen LogP contribution in [0.25, 0.3) is 0 Å². The molecule has 0 amide bonds. The van der Waals surface area contributed by atoms with Gasteiger partial charge in [0.05, 0.1) is 0 Å². The van der Waals surface area contributed by atoms with Crippen molar-refractivity contribution in [2.45, 2.75) is 0 Å². The fraction of sp³-hybridized carbons (Fsp3) is 0. The summed E-state index contributed by atoms with van der Waals surface area (Å²) < 4.78 is 23.1. The van der Waals surface area contributed by atoms with Crippen molar-refractivity contribution in [2.24, 2.45) is 0 Å². The SMILES string of the molecule is O=[Se](O)O.[La]. The van der Waals surface area contributed by atoms with E-state index in [1.807, 2.05) is 0 Å². The Morgan fingerprint density at radius 3 is 1.40 bits per heavy atom. The molecule has 0 bridgehead atoms. The molecule has 0 rings (SSSR count). The topological polar surface area (TPSA) is 57.5 Å². The summed E-state index contributed by atoms with van der Waals surface area (Å²) in [5.74, 6) is 0. The Kier molecular flexibility index (Phi) is 10.5. The molecule has 0 unspecified atom stereocenters. The fourth-order valence-electron chi connectivity index (χ4n) is 0. The minimum Gasteiger partial charge on any atom is 0 e. The second kappa shape index (κ2) is 5.43. The summed E-state index contributed by atoms with van der Waals surface area (Å²) in [7, 11) is 0. The van der Waals surface area contributed by atoms with Crippen LogP contribution in [0.3, 0.4) is 0 Å². The van der Waals surface area contributed by atoms with Gasteiger partial charge in [-0.25, -0.2) is 0 Å². The first kappa shape index (κ1) is 9.66. The standard InChI is InChI=1S/La.H2O3Se/c;1-4(2)3/h;(H2,1,2,3). The molecule has 0 aliphatic carbocycles. The molecule has 0 aliphatic heterocycles. The molecule has 0 saturated carbocycles. The summed E-state index contributed by atoms with van der Waals surface area (Å²) in [6.45, 7) is 0. The summed E-state index contributed by atoms with van der Waals surface area (Å²) in [4.78, 5) is 0. The third-order valence-electron chi connectivity index (χ3n) is 0. The van der Waals surface area contributed by atoms with Gasteiger partial charge in [-0.3, -0.25) is 0 Å². The molecule has 2 N–H and O–H groups in total. The van der Waals surface area contributed by atoms with Gasteiger partial charge < -0.3 is 0 Å². The van der Waals surface area contributed by atoms with Gasteiger partial charge in [0.1, 0.15) is 0 Å². The molecule has 0 saturated heterocycles. The van der Waals surface area contributed by atoms with Crippen LogP contribution in [-0.2, 0) is 3.83 Å². The van der Waals surface area contributed by atoms with Gasteiger partial charge in [-0.15, -0.1) is 0 Å². The third-order valence-corrected chi connectivity index (χ3v) is 0. The first-order chi connectivity index (χ1) is 1.73. The Labute approximate surface area is 61.7 Å². The van der Waals surface area contributed by atoms with Crippen LogP contribution in [0.4, 0.5) is 0 Å². The van der Waals surface area contributed by atoms with Gasteiger partial charge in [0.2, 0.25) is 0 Å². The molecule has 0 aromatic rings.